The molecule has 1 aromatic heterocycles. The monoisotopic (exact) mass is 520 g/mol. The lowest BCUT2D eigenvalue weighted by atomic mass is 9.99. The van der Waals surface area contributed by atoms with Gasteiger partial charge >= 0.3 is 0 Å². The first kappa shape index (κ1) is 26.4. The van der Waals surface area contributed by atoms with Crippen LogP contribution in [-0.4, -0.2) is 60.8 Å². The van der Waals surface area contributed by atoms with Crippen molar-refractivity contribution in [2.24, 2.45) is 0 Å². The third kappa shape index (κ3) is 5.71. The topological polar surface area (TPSA) is 68.4 Å². The molecule has 2 aliphatic rings. The Morgan fingerprint density at radius 1 is 1.00 bits per heavy atom. The minimum absolute atomic E-state index is 0. The maximum Gasteiger partial charge on any atom is 0.252 e. The molecule has 0 spiro atoms. The Bertz CT molecular complexity index is 1180. The number of hydrogen-bond donors (Lipinski definition) is 2. The van der Waals surface area contributed by atoms with Gasteiger partial charge in [-0.2, -0.15) is 11.8 Å². The summed E-state index contributed by atoms with van der Waals surface area (Å²) >= 11 is 1.79. The van der Waals surface area contributed by atoms with E-state index in [4.69, 9.17) is 0 Å². The molecule has 182 valence electrons. The number of halogens is 2. The molecule has 6 nitrogen and oxygen atoms in total. The number of aromatic nitrogens is 1. The zero-order valence-corrected chi connectivity index (χ0v) is 21.4. The van der Waals surface area contributed by atoms with Crippen LogP contribution in [0.25, 0.3) is 10.9 Å². The quantitative estimate of drug-likeness (QED) is 0.536. The maximum atomic E-state index is 12.8. The van der Waals surface area contributed by atoms with Gasteiger partial charge in [-0.3, -0.25) is 14.5 Å². The van der Waals surface area contributed by atoms with E-state index in [-0.39, 0.29) is 36.3 Å². The number of thioether (sulfide) groups is 1. The van der Waals surface area contributed by atoms with Crippen molar-refractivity contribution in [2.45, 2.75) is 12.2 Å². The molecule has 34 heavy (non-hydrogen) atoms. The van der Waals surface area contributed by atoms with Gasteiger partial charge < -0.3 is 15.2 Å². The summed E-state index contributed by atoms with van der Waals surface area (Å²) < 4.78 is 0. The van der Waals surface area contributed by atoms with Crippen LogP contribution in [0.2, 0.25) is 0 Å². The van der Waals surface area contributed by atoms with E-state index in [1.807, 2.05) is 18.2 Å². The summed E-state index contributed by atoms with van der Waals surface area (Å²) in [4.78, 5) is 32.9. The standard InChI is InChI=1S/C25H28N4O2S.2ClH/c30-24(26-9-10-28-11-13-29(14-12-28)19-4-2-1-3-5-19)18-6-7-23-21(16-18)20-8-15-32-17-22(20)25(31)27-23;;/h1-7,16H,8-15,17H2,(H,26,30)(H,27,31);2*1H. The van der Waals surface area contributed by atoms with Crippen molar-refractivity contribution in [3.05, 3.63) is 75.6 Å². The number of hydrogen-bond acceptors (Lipinski definition) is 5. The lowest BCUT2D eigenvalue weighted by Crippen LogP contribution is -2.48. The van der Waals surface area contributed by atoms with Crippen molar-refractivity contribution in [3.8, 4) is 0 Å². The Balaban J connectivity index is 0.00000162. The Labute approximate surface area is 216 Å². The van der Waals surface area contributed by atoms with Gasteiger partial charge in [0.05, 0.1) is 0 Å². The highest BCUT2D eigenvalue weighted by atomic mass is 35.5. The third-order valence-electron chi connectivity index (χ3n) is 6.44. The molecule has 1 fully saturated rings. The molecular weight excluding hydrogens is 491 g/mol. The first-order chi connectivity index (χ1) is 15.7. The van der Waals surface area contributed by atoms with Crippen LogP contribution in [0.1, 0.15) is 21.5 Å². The minimum Gasteiger partial charge on any atom is -0.369 e. The van der Waals surface area contributed by atoms with Gasteiger partial charge in [0.2, 0.25) is 0 Å². The fraction of sp³-hybridized carbons (Fsp3) is 0.360. The molecule has 2 N–H and O–H groups in total. The number of piperazine rings is 1. The number of rotatable bonds is 5. The van der Waals surface area contributed by atoms with E-state index >= 15 is 0 Å². The summed E-state index contributed by atoms with van der Waals surface area (Å²) in [6, 6.07) is 16.1. The van der Waals surface area contributed by atoms with Crippen LogP contribution in [0.5, 0.6) is 0 Å². The van der Waals surface area contributed by atoms with Crippen molar-refractivity contribution >= 4 is 59.1 Å². The number of nitrogens with one attached hydrogen (secondary N) is 2. The molecule has 5 rings (SSSR count). The fourth-order valence-electron chi connectivity index (χ4n) is 4.63. The summed E-state index contributed by atoms with van der Waals surface area (Å²) in [6.07, 6.45) is 0.875. The van der Waals surface area contributed by atoms with Gasteiger partial charge in [-0.1, -0.05) is 18.2 Å². The van der Waals surface area contributed by atoms with Crippen molar-refractivity contribution < 1.29 is 4.79 Å². The molecule has 0 atom stereocenters. The van der Waals surface area contributed by atoms with Gasteiger partial charge in [0.25, 0.3) is 11.5 Å². The average Bonchev–Trinajstić information content (AvgIpc) is 2.85. The molecule has 1 saturated heterocycles. The summed E-state index contributed by atoms with van der Waals surface area (Å²) in [5, 5.41) is 4.08. The molecule has 0 radical (unpaired) electrons. The number of carbonyl (C=O) groups is 1. The number of aromatic amines is 1. The third-order valence-corrected chi connectivity index (χ3v) is 7.43. The number of carbonyl (C=O) groups excluding carboxylic acids is 1. The van der Waals surface area contributed by atoms with Crippen molar-refractivity contribution in [1.82, 2.24) is 15.2 Å². The molecular formula is C25H30Cl2N4O2S. The number of nitrogens with zero attached hydrogens (tertiary/aromatic N) is 2. The lowest BCUT2D eigenvalue weighted by Gasteiger charge is -2.36. The van der Waals surface area contributed by atoms with Crippen LogP contribution in [0.3, 0.4) is 0 Å². The summed E-state index contributed by atoms with van der Waals surface area (Å²) in [7, 11) is 0. The SMILES string of the molecule is Cl.Cl.O=C(NCCN1CCN(c2ccccc2)CC1)c1ccc2[nH]c(=O)c3c(c2c1)CCSC3. The highest BCUT2D eigenvalue weighted by Gasteiger charge is 2.19. The number of aryl methyl sites for hydroxylation is 1. The molecule has 2 aliphatic heterocycles. The second-order valence-electron chi connectivity index (χ2n) is 8.39. The van der Waals surface area contributed by atoms with Crippen LogP contribution < -0.4 is 15.8 Å². The smallest absolute Gasteiger partial charge is 0.252 e. The number of fused-ring (bicyclic) bond motifs is 3. The molecule has 0 bridgehead atoms. The van der Waals surface area contributed by atoms with Gasteiger partial charge in [-0.15, -0.1) is 24.8 Å². The number of para-hydroxylation sites is 1. The molecule has 3 heterocycles. The van der Waals surface area contributed by atoms with Gasteiger partial charge in [0.1, 0.15) is 0 Å². The van der Waals surface area contributed by atoms with Crippen LogP contribution in [0.15, 0.2) is 53.3 Å². The number of amides is 1. The predicted molar refractivity (Wildman–Crippen MR) is 146 cm³/mol. The number of H-pyrrole nitrogens is 1. The van der Waals surface area contributed by atoms with E-state index in [1.54, 1.807) is 17.8 Å². The van der Waals surface area contributed by atoms with Crippen LogP contribution >= 0.6 is 36.6 Å². The zero-order chi connectivity index (χ0) is 21.9. The molecule has 0 saturated carbocycles. The van der Waals surface area contributed by atoms with Crippen molar-refractivity contribution in [3.63, 3.8) is 0 Å². The van der Waals surface area contributed by atoms with Gasteiger partial charge in [-0.25, -0.2) is 0 Å². The van der Waals surface area contributed by atoms with Crippen LogP contribution in [0, 0.1) is 0 Å². The number of benzene rings is 2. The highest BCUT2D eigenvalue weighted by molar-refractivity contribution is 7.98. The second kappa shape index (κ2) is 12.0. The number of pyridine rings is 1. The molecule has 0 aliphatic carbocycles. The summed E-state index contributed by atoms with van der Waals surface area (Å²) in [5.41, 5.74) is 4.71. The molecule has 3 aromatic rings. The number of anilines is 1. The average molecular weight is 522 g/mol. The molecule has 1 amide bonds. The molecule has 2 aromatic carbocycles. The van der Waals surface area contributed by atoms with E-state index in [2.05, 4.69) is 44.4 Å². The van der Waals surface area contributed by atoms with E-state index in [0.29, 0.717) is 12.1 Å². The van der Waals surface area contributed by atoms with Gasteiger partial charge in [0.15, 0.2) is 0 Å². The molecule has 0 unspecified atom stereocenters. The summed E-state index contributed by atoms with van der Waals surface area (Å²) in [6.45, 7) is 5.48. The van der Waals surface area contributed by atoms with E-state index in [9.17, 15) is 9.59 Å². The Hall–Kier alpha value is -2.19. The van der Waals surface area contributed by atoms with E-state index in [1.165, 1.54) is 5.69 Å². The minimum atomic E-state index is -0.0556. The van der Waals surface area contributed by atoms with Gasteiger partial charge in [-0.05, 0) is 48.1 Å². The largest absolute Gasteiger partial charge is 0.369 e. The van der Waals surface area contributed by atoms with Gasteiger partial charge in [0, 0.05) is 72.7 Å². The van der Waals surface area contributed by atoms with Crippen LogP contribution in [-0.2, 0) is 12.2 Å². The summed E-state index contributed by atoms with van der Waals surface area (Å²) in [5.74, 6) is 1.70. The zero-order valence-electron chi connectivity index (χ0n) is 18.9. The van der Waals surface area contributed by atoms with E-state index < -0.39 is 0 Å². The second-order valence-corrected chi connectivity index (χ2v) is 9.50. The first-order valence-corrected chi connectivity index (χ1v) is 12.4. The highest BCUT2D eigenvalue weighted by Crippen LogP contribution is 2.28. The maximum absolute atomic E-state index is 12.8. The lowest BCUT2D eigenvalue weighted by molar-refractivity contribution is 0.0948. The predicted octanol–water partition coefficient (Wildman–Crippen LogP) is 3.71. The fourth-order valence-corrected chi connectivity index (χ4v) is 5.63. The van der Waals surface area contributed by atoms with Crippen molar-refractivity contribution in [2.75, 3.05) is 49.9 Å². The van der Waals surface area contributed by atoms with Crippen LogP contribution in [0.4, 0.5) is 5.69 Å². The van der Waals surface area contributed by atoms with E-state index in [0.717, 1.165) is 72.7 Å². The first-order valence-electron chi connectivity index (χ1n) is 11.2. The normalized spacial score (nSPS) is 15.7. The Kier molecular flexibility index (Phi) is 9.31. The Morgan fingerprint density at radius 3 is 2.53 bits per heavy atom. The molecule has 9 heteroatoms. The Morgan fingerprint density at radius 2 is 1.76 bits per heavy atom. The van der Waals surface area contributed by atoms with Crippen molar-refractivity contribution in [1.29, 1.82) is 0 Å².